The second-order valence-electron chi connectivity index (χ2n) is 8.69. The first-order chi connectivity index (χ1) is 18.0. The molecule has 0 spiro atoms. The Morgan fingerprint density at radius 2 is 1.68 bits per heavy atom. The number of carbonyl (C=O) groups excluding carboxylic acids is 3. The molecule has 0 saturated heterocycles. The Bertz CT molecular complexity index is 1400. The Labute approximate surface area is 213 Å². The van der Waals surface area contributed by atoms with Gasteiger partial charge in [0.25, 0.3) is 5.91 Å². The molecule has 2 aromatic heterocycles. The van der Waals surface area contributed by atoms with Crippen LogP contribution < -0.4 is 10.6 Å². The molecule has 10 nitrogen and oxygen atoms in total. The van der Waals surface area contributed by atoms with Crippen LogP contribution in [0.3, 0.4) is 0 Å². The van der Waals surface area contributed by atoms with E-state index in [-0.39, 0.29) is 36.4 Å². The van der Waals surface area contributed by atoms with Crippen LogP contribution in [0.4, 0.5) is 11.7 Å². The van der Waals surface area contributed by atoms with Gasteiger partial charge in [0.05, 0.1) is 18.8 Å². The summed E-state index contributed by atoms with van der Waals surface area (Å²) < 4.78 is 7.12. The standard InChI is InChI=1S/C27H26N6O4/c34-24(28-20-10-5-2-6-11-20)12-7-13-25(35)32-14-15-33-21(17-32)16-22(31-33)26(36)30-27-29-23(18-37-27)19-8-3-1-4-9-19/h1-6,8-11,16,18H,7,12-15,17H2,(H,28,34)(H,29,30,36). The summed E-state index contributed by atoms with van der Waals surface area (Å²) in [6.07, 6.45) is 2.49. The van der Waals surface area contributed by atoms with Crippen LogP contribution in [0.1, 0.15) is 35.4 Å². The highest BCUT2D eigenvalue weighted by Gasteiger charge is 2.24. The molecule has 4 aromatic rings. The molecule has 0 bridgehead atoms. The predicted octanol–water partition coefficient (Wildman–Crippen LogP) is 3.94. The lowest BCUT2D eigenvalue weighted by molar-refractivity contribution is -0.132. The van der Waals surface area contributed by atoms with E-state index >= 15 is 0 Å². The first kappa shape index (κ1) is 24.0. The van der Waals surface area contributed by atoms with Crippen molar-refractivity contribution in [1.29, 1.82) is 0 Å². The molecular formula is C27H26N6O4. The molecule has 0 radical (unpaired) electrons. The fourth-order valence-electron chi connectivity index (χ4n) is 4.13. The second-order valence-corrected chi connectivity index (χ2v) is 8.69. The first-order valence-electron chi connectivity index (χ1n) is 12.1. The van der Waals surface area contributed by atoms with Crippen LogP contribution in [0.25, 0.3) is 11.3 Å². The van der Waals surface area contributed by atoms with Gasteiger partial charge in [-0.15, -0.1) is 0 Å². The van der Waals surface area contributed by atoms with Crippen LogP contribution >= 0.6 is 0 Å². The van der Waals surface area contributed by atoms with Gasteiger partial charge in [-0.3, -0.25) is 24.4 Å². The Kier molecular flexibility index (Phi) is 7.07. The lowest BCUT2D eigenvalue weighted by atomic mass is 10.2. The molecule has 37 heavy (non-hydrogen) atoms. The van der Waals surface area contributed by atoms with Crippen molar-refractivity contribution in [1.82, 2.24) is 19.7 Å². The van der Waals surface area contributed by atoms with Crippen molar-refractivity contribution < 1.29 is 18.8 Å². The smallest absolute Gasteiger partial charge is 0.302 e. The van der Waals surface area contributed by atoms with Crippen molar-refractivity contribution >= 4 is 29.4 Å². The maximum absolute atomic E-state index is 12.7. The largest absolute Gasteiger partial charge is 0.431 e. The lowest BCUT2D eigenvalue weighted by Gasteiger charge is -2.27. The number of hydrogen-bond donors (Lipinski definition) is 2. The minimum atomic E-state index is -0.439. The van der Waals surface area contributed by atoms with E-state index in [9.17, 15) is 14.4 Å². The predicted molar refractivity (Wildman–Crippen MR) is 136 cm³/mol. The summed E-state index contributed by atoms with van der Waals surface area (Å²) in [6, 6.07) is 20.5. The Morgan fingerprint density at radius 3 is 2.46 bits per heavy atom. The minimum absolute atomic E-state index is 0.0285. The Hall–Kier alpha value is -4.73. The highest BCUT2D eigenvalue weighted by molar-refractivity contribution is 6.01. The minimum Gasteiger partial charge on any atom is -0.431 e. The second kappa shape index (κ2) is 10.9. The van der Waals surface area contributed by atoms with Crippen molar-refractivity contribution in [2.24, 2.45) is 0 Å². The van der Waals surface area contributed by atoms with Gasteiger partial charge in [0.15, 0.2) is 5.69 Å². The first-order valence-corrected chi connectivity index (χ1v) is 12.1. The fourth-order valence-corrected chi connectivity index (χ4v) is 4.13. The molecule has 10 heteroatoms. The van der Waals surface area contributed by atoms with Gasteiger partial charge in [0, 0.05) is 30.6 Å². The average molecular weight is 499 g/mol. The number of para-hydroxylation sites is 1. The molecule has 3 amide bonds. The number of hydrogen-bond acceptors (Lipinski definition) is 6. The van der Waals surface area contributed by atoms with Gasteiger partial charge in [-0.2, -0.15) is 10.1 Å². The molecule has 2 aromatic carbocycles. The summed E-state index contributed by atoms with van der Waals surface area (Å²) in [5, 5.41) is 9.84. The molecule has 5 rings (SSSR count). The van der Waals surface area contributed by atoms with Crippen LogP contribution in [0.2, 0.25) is 0 Å². The molecule has 1 aliphatic heterocycles. The van der Waals surface area contributed by atoms with Crippen molar-refractivity contribution in [3.63, 3.8) is 0 Å². The van der Waals surface area contributed by atoms with Gasteiger partial charge in [-0.1, -0.05) is 48.5 Å². The molecule has 1 aliphatic rings. The molecule has 0 aliphatic carbocycles. The molecule has 0 unspecified atom stereocenters. The van der Waals surface area contributed by atoms with E-state index in [2.05, 4.69) is 20.7 Å². The third-order valence-corrected chi connectivity index (χ3v) is 6.03. The van der Waals surface area contributed by atoms with E-state index in [4.69, 9.17) is 4.42 Å². The van der Waals surface area contributed by atoms with Crippen LogP contribution in [0.5, 0.6) is 0 Å². The molecule has 0 atom stereocenters. The van der Waals surface area contributed by atoms with E-state index in [1.54, 1.807) is 15.6 Å². The van der Waals surface area contributed by atoms with Crippen molar-refractivity contribution in [2.75, 3.05) is 17.2 Å². The van der Waals surface area contributed by atoms with Crippen LogP contribution in [0, 0.1) is 0 Å². The topological polar surface area (TPSA) is 122 Å². The number of rotatable bonds is 8. The number of aromatic nitrogens is 3. The molecule has 0 fully saturated rings. The molecule has 3 heterocycles. The summed E-state index contributed by atoms with van der Waals surface area (Å²) in [5.74, 6) is -0.585. The third kappa shape index (κ3) is 5.92. The fraction of sp³-hybridized carbons (Fsp3) is 0.222. The van der Waals surface area contributed by atoms with E-state index < -0.39 is 5.91 Å². The zero-order valence-corrected chi connectivity index (χ0v) is 20.1. The maximum Gasteiger partial charge on any atom is 0.302 e. The van der Waals surface area contributed by atoms with Gasteiger partial charge in [-0.05, 0) is 24.6 Å². The number of carbonyl (C=O) groups is 3. The lowest BCUT2D eigenvalue weighted by Crippen LogP contribution is -2.38. The monoisotopic (exact) mass is 498 g/mol. The maximum atomic E-state index is 12.7. The van der Waals surface area contributed by atoms with Gasteiger partial charge in [0.1, 0.15) is 12.0 Å². The Balaban J connectivity index is 1.12. The Morgan fingerprint density at radius 1 is 0.919 bits per heavy atom. The molecular weight excluding hydrogens is 472 g/mol. The zero-order chi connectivity index (χ0) is 25.6. The van der Waals surface area contributed by atoms with Crippen molar-refractivity contribution in [3.8, 4) is 11.3 Å². The summed E-state index contributed by atoms with van der Waals surface area (Å²) in [5.41, 5.74) is 3.23. The highest BCUT2D eigenvalue weighted by Crippen LogP contribution is 2.21. The number of amides is 3. The summed E-state index contributed by atoms with van der Waals surface area (Å²) in [4.78, 5) is 43.6. The van der Waals surface area contributed by atoms with Crippen LogP contribution in [0.15, 0.2) is 77.4 Å². The normalized spacial score (nSPS) is 12.6. The number of benzene rings is 2. The highest BCUT2D eigenvalue weighted by atomic mass is 16.4. The van der Waals surface area contributed by atoms with Crippen molar-refractivity contribution in [2.45, 2.75) is 32.4 Å². The van der Waals surface area contributed by atoms with E-state index in [0.717, 1.165) is 16.9 Å². The number of fused-ring (bicyclic) bond motifs is 1. The number of nitrogens with one attached hydrogen (secondary N) is 2. The van der Waals surface area contributed by atoms with Crippen LogP contribution in [-0.4, -0.2) is 43.9 Å². The molecule has 2 N–H and O–H groups in total. The van der Waals surface area contributed by atoms with Gasteiger partial charge >= 0.3 is 6.01 Å². The number of nitrogens with zero attached hydrogens (tertiary/aromatic N) is 4. The van der Waals surface area contributed by atoms with Crippen molar-refractivity contribution in [3.05, 3.63) is 84.4 Å². The quantitative estimate of drug-likeness (QED) is 0.379. The third-order valence-electron chi connectivity index (χ3n) is 6.03. The summed E-state index contributed by atoms with van der Waals surface area (Å²) in [7, 11) is 0. The number of anilines is 2. The van der Waals surface area contributed by atoms with Crippen LogP contribution in [-0.2, 0) is 22.7 Å². The van der Waals surface area contributed by atoms with Gasteiger partial charge < -0.3 is 14.6 Å². The molecule has 188 valence electrons. The van der Waals surface area contributed by atoms with E-state index in [0.29, 0.717) is 31.7 Å². The summed E-state index contributed by atoms with van der Waals surface area (Å²) >= 11 is 0. The van der Waals surface area contributed by atoms with E-state index in [1.807, 2.05) is 60.7 Å². The van der Waals surface area contributed by atoms with Gasteiger partial charge in [-0.25, -0.2) is 0 Å². The summed E-state index contributed by atoms with van der Waals surface area (Å²) in [6.45, 7) is 1.33. The molecule has 0 saturated carbocycles. The average Bonchev–Trinajstić information content (AvgIpc) is 3.56. The SMILES string of the molecule is O=C(CCCC(=O)N1CCn2nc(C(=O)Nc3nc(-c4ccccc4)co3)cc2C1)Nc1ccccc1. The zero-order valence-electron chi connectivity index (χ0n) is 20.1. The van der Waals surface area contributed by atoms with Gasteiger partial charge in [0.2, 0.25) is 11.8 Å². The van der Waals surface area contributed by atoms with E-state index in [1.165, 1.54) is 6.26 Å². The number of oxazole rings is 1.